The molecule has 0 fully saturated rings. The van der Waals surface area contributed by atoms with Crippen LogP contribution in [0.2, 0.25) is 0 Å². The second-order valence-corrected chi connectivity index (χ2v) is 4.47. The number of carbonyl (C=O) groups excluding carboxylic acids is 1. The minimum absolute atomic E-state index is 0.161. The Labute approximate surface area is 128 Å². The quantitative estimate of drug-likeness (QED) is 0.591. The van der Waals surface area contributed by atoms with Gasteiger partial charge in [0.1, 0.15) is 18.2 Å². The van der Waals surface area contributed by atoms with Gasteiger partial charge >= 0.3 is 12.2 Å². The summed E-state index contributed by atoms with van der Waals surface area (Å²) >= 11 is 0. The van der Waals surface area contributed by atoms with Gasteiger partial charge < -0.3 is 20.1 Å². The molecule has 5 nitrogen and oxygen atoms in total. The first kappa shape index (κ1) is 19.1. The molecule has 1 aromatic rings. The van der Waals surface area contributed by atoms with Crippen molar-refractivity contribution in [1.82, 2.24) is 4.90 Å². The molecule has 1 aromatic carbocycles. The molecule has 130 valence electrons. The van der Waals surface area contributed by atoms with Gasteiger partial charge in [-0.1, -0.05) is 0 Å². The number of rotatable bonds is 7. The van der Waals surface area contributed by atoms with E-state index in [1.807, 2.05) is 0 Å². The fraction of sp³-hybridized carbons (Fsp3) is 0.462. The maximum atomic E-state index is 13.0. The SMILES string of the molecule is O=C(Nc1cc(F)cc(F)c1)N(CCO)CCOCC(F)(F)F. The summed E-state index contributed by atoms with van der Waals surface area (Å²) in [5.74, 6) is -1.80. The molecular formula is C13H15F5N2O3. The van der Waals surface area contributed by atoms with E-state index in [1.165, 1.54) is 0 Å². The van der Waals surface area contributed by atoms with Crippen molar-refractivity contribution in [2.75, 3.05) is 38.2 Å². The summed E-state index contributed by atoms with van der Waals surface area (Å²) in [5.41, 5.74) is -0.161. The Hall–Kier alpha value is -1.94. The van der Waals surface area contributed by atoms with E-state index in [0.29, 0.717) is 6.07 Å². The Morgan fingerprint density at radius 1 is 1.17 bits per heavy atom. The van der Waals surface area contributed by atoms with E-state index >= 15 is 0 Å². The molecule has 0 unspecified atom stereocenters. The van der Waals surface area contributed by atoms with Crippen molar-refractivity contribution in [2.24, 2.45) is 0 Å². The van der Waals surface area contributed by atoms with Crippen molar-refractivity contribution in [3.8, 4) is 0 Å². The molecule has 0 radical (unpaired) electrons. The van der Waals surface area contributed by atoms with E-state index in [4.69, 9.17) is 5.11 Å². The predicted octanol–water partition coefficient (Wildman–Crippen LogP) is 2.37. The molecule has 0 bridgehead atoms. The number of aliphatic hydroxyl groups is 1. The number of anilines is 1. The normalized spacial score (nSPS) is 11.4. The van der Waals surface area contributed by atoms with Gasteiger partial charge in [-0.25, -0.2) is 13.6 Å². The Kier molecular flexibility index (Phi) is 7.17. The third-order valence-corrected chi connectivity index (χ3v) is 2.54. The van der Waals surface area contributed by atoms with E-state index < -0.39 is 43.7 Å². The van der Waals surface area contributed by atoms with Crippen LogP contribution >= 0.6 is 0 Å². The molecule has 0 spiro atoms. The maximum absolute atomic E-state index is 13.0. The van der Waals surface area contributed by atoms with Crippen LogP contribution in [0.3, 0.4) is 0 Å². The van der Waals surface area contributed by atoms with Crippen molar-refractivity contribution in [3.63, 3.8) is 0 Å². The van der Waals surface area contributed by atoms with Crippen molar-refractivity contribution in [1.29, 1.82) is 0 Å². The Morgan fingerprint density at radius 3 is 2.30 bits per heavy atom. The van der Waals surface area contributed by atoms with Gasteiger partial charge in [0.15, 0.2) is 0 Å². The third-order valence-electron chi connectivity index (χ3n) is 2.54. The number of carbonyl (C=O) groups is 1. The van der Waals surface area contributed by atoms with Crippen molar-refractivity contribution < 1.29 is 36.6 Å². The lowest BCUT2D eigenvalue weighted by Gasteiger charge is -2.22. The average Bonchev–Trinajstić information content (AvgIpc) is 2.39. The van der Waals surface area contributed by atoms with E-state index in [0.717, 1.165) is 17.0 Å². The summed E-state index contributed by atoms with van der Waals surface area (Å²) in [6.07, 6.45) is -4.48. The lowest BCUT2D eigenvalue weighted by Crippen LogP contribution is -2.39. The smallest absolute Gasteiger partial charge is 0.395 e. The standard InChI is InChI=1S/C13H15F5N2O3/c14-9-5-10(15)7-11(6-9)19-12(22)20(1-3-21)2-4-23-8-13(16,17)18/h5-7,21H,1-4,8H2,(H,19,22). The fourth-order valence-electron chi connectivity index (χ4n) is 1.63. The molecule has 2 amide bonds. The number of benzene rings is 1. The molecule has 0 saturated heterocycles. The largest absolute Gasteiger partial charge is 0.411 e. The first-order chi connectivity index (χ1) is 10.7. The highest BCUT2D eigenvalue weighted by Gasteiger charge is 2.27. The van der Waals surface area contributed by atoms with E-state index in [1.54, 1.807) is 0 Å². The molecule has 23 heavy (non-hydrogen) atoms. The predicted molar refractivity (Wildman–Crippen MR) is 70.9 cm³/mol. The summed E-state index contributed by atoms with van der Waals surface area (Å²) in [4.78, 5) is 12.9. The van der Waals surface area contributed by atoms with Gasteiger partial charge in [0.25, 0.3) is 0 Å². The van der Waals surface area contributed by atoms with Crippen LogP contribution in [0.5, 0.6) is 0 Å². The van der Waals surface area contributed by atoms with Crippen LogP contribution in [-0.4, -0.2) is 55.1 Å². The molecule has 0 saturated carbocycles. The first-order valence-electron chi connectivity index (χ1n) is 6.48. The number of nitrogens with one attached hydrogen (secondary N) is 1. The average molecular weight is 342 g/mol. The van der Waals surface area contributed by atoms with E-state index in [-0.39, 0.29) is 18.8 Å². The molecule has 2 N–H and O–H groups in total. The molecule has 0 aliphatic carbocycles. The molecule has 0 aromatic heterocycles. The molecule has 1 rings (SSSR count). The van der Waals surface area contributed by atoms with Gasteiger partial charge in [-0.3, -0.25) is 0 Å². The number of urea groups is 1. The molecule has 0 aliphatic rings. The number of hydrogen-bond acceptors (Lipinski definition) is 3. The van der Waals surface area contributed by atoms with Crippen LogP contribution in [0.1, 0.15) is 0 Å². The summed E-state index contributed by atoms with van der Waals surface area (Å²) < 4.78 is 66.2. The number of aliphatic hydroxyl groups excluding tert-OH is 1. The minimum Gasteiger partial charge on any atom is -0.395 e. The molecule has 0 heterocycles. The second kappa shape index (κ2) is 8.63. The van der Waals surface area contributed by atoms with E-state index in [9.17, 15) is 26.7 Å². The second-order valence-electron chi connectivity index (χ2n) is 4.47. The molecule has 0 aliphatic heterocycles. The highest BCUT2D eigenvalue weighted by atomic mass is 19.4. The summed E-state index contributed by atoms with van der Waals surface area (Å²) in [7, 11) is 0. The lowest BCUT2D eigenvalue weighted by atomic mass is 10.3. The van der Waals surface area contributed by atoms with Crippen LogP contribution in [0.25, 0.3) is 0 Å². The van der Waals surface area contributed by atoms with Gasteiger partial charge in [-0.2, -0.15) is 13.2 Å². The Balaban J connectivity index is 2.56. The number of halogens is 5. The van der Waals surface area contributed by atoms with Crippen molar-refractivity contribution >= 4 is 11.7 Å². The topological polar surface area (TPSA) is 61.8 Å². The zero-order valence-corrected chi connectivity index (χ0v) is 11.9. The minimum atomic E-state index is -4.48. The Bertz CT molecular complexity index is 505. The zero-order valence-electron chi connectivity index (χ0n) is 11.9. The van der Waals surface area contributed by atoms with Gasteiger partial charge in [0.2, 0.25) is 0 Å². The van der Waals surface area contributed by atoms with Crippen LogP contribution in [-0.2, 0) is 4.74 Å². The van der Waals surface area contributed by atoms with Crippen LogP contribution in [0.4, 0.5) is 32.4 Å². The van der Waals surface area contributed by atoms with E-state index in [2.05, 4.69) is 10.1 Å². The van der Waals surface area contributed by atoms with Gasteiger partial charge in [0.05, 0.1) is 13.2 Å². The number of amides is 2. The molecule has 0 atom stereocenters. The van der Waals surface area contributed by atoms with Gasteiger partial charge in [0, 0.05) is 24.8 Å². The van der Waals surface area contributed by atoms with Gasteiger partial charge in [-0.05, 0) is 12.1 Å². The highest BCUT2D eigenvalue weighted by molar-refractivity contribution is 5.89. The van der Waals surface area contributed by atoms with Crippen LogP contribution in [0, 0.1) is 11.6 Å². The fourth-order valence-corrected chi connectivity index (χ4v) is 1.63. The first-order valence-corrected chi connectivity index (χ1v) is 6.48. The maximum Gasteiger partial charge on any atom is 0.411 e. The third kappa shape index (κ3) is 7.75. The highest BCUT2D eigenvalue weighted by Crippen LogP contribution is 2.15. The molecular weight excluding hydrogens is 327 g/mol. The number of hydrogen-bond donors (Lipinski definition) is 2. The number of nitrogens with zero attached hydrogens (tertiary/aromatic N) is 1. The Morgan fingerprint density at radius 2 is 1.78 bits per heavy atom. The monoisotopic (exact) mass is 342 g/mol. The zero-order chi connectivity index (χ0) is 17.5. The molecule has 10 heteroatoms. The van der Waals surface area contributed by atoms with Crippen molar-refractivity contribution in [3.05, 3.63) is 29.8 Å². The van der Waals surface area contributed by atoms with Crippen molar-refractivity contribution in [2.45, 2.75) is 6.18 Å². The summed E-state index contributed by atoms with van der Waals surface area (Å²) in [5, 5.41) is 11.0. The summed E-state index contributed by atoms with van der Waals surface area (Å²) in [6, 6.07) is 1.53. The van der Waals surface area contributed by atoms with Crippen LogP contribution < -0.4 is 5.32 Å². The lowest BCUT2D eigenvalue weighted by molar-refractivity contribution is -0.174. The number of ether oxygens (including phenoxy) is 1. The summed E-state index contributed by atoms with van der Waals surface area (Å²) in [6.45, 7) is -2.73. The van der Waals surface area contributed by atoms with Crippen LogP contribution in [0.15, 0.2) is 18.2 Å². The van der Waals surface area contributed by atoms with Gasteiger partial charge in [-0.15, -0.1) is 0 Å². The number of alkyl halides is 3.